The van der Waals surface area contributed by atoms with E-state index in [2.05, 4.69) is 10.6 Å². The first-order valence-electron chi connectivity index (χ1n) is 8.56. The molecule has 2 rings (SSSR count). The third kappa shape index (κ3) is 5.67. The van der Waals surface area contributed by atoms with Gasteiger partial charge in [-0.2, -0.15) is 4.31 Å². The Kier molecular flexibility index (Phi) is 8.85. The average Bonchev–Trinajstić information content (AvgIpc) is 2.61. The van der Waals surface area contributed by atoms with E-state index in [1.54, 1.807) is 24.3 Å². The Hall–Kier alpha value is -1.15. The summed E-state index contributed by atoms with van der Waals surface area (Å²) in [6.45, 7) is 6.67. The summed E-state index contributed by atoms with van der Waals surface area (Å²) < 4.78 is 26.3. The number of piperidine rings is 1. The smallest absolute Gasteiger partial charge is 0.243 e. The highest BCUT2D eigenvalue weighted by molar-refractivity contribution is 7.89. The summed E-state index contributed by atoms with van der Waals surface area (Å²) in [5, 5.41) is 6.16. The molecule has 1 amide bonds. The van der Waals surface area contributed by atoms with E-state index in [1.807, 2.05) is 13.8 Å². The highest BCUT2D eigenvalue weighted by Crippen LogP contribution is 2.16. The first kappa shape index (κ1) is 21.9. The van der Waals surface area contributed by atoms with Gasteiger partial charge in [0.1, 0.15) is 0 Å². The molecular formula is C17H28ClN3O3S. The van der Waals surface area contributed by atoms with Crippen molar-refractivity contribution in [2.75, 3.05) is 26.2 Å². The Morgan fingerprint density at radius 2 is 1.88 bits per heavy atom. The molecule has 6 nitrogen and oxygen atoms in total. The molecule has 8 heteroatoms. The van der Waals surface area contributed by atoms with Crippen LogP contribution in [0.2, 0.25) is 0 Å². The fourth-order valence-corrected chi connectivity index (χ4v) is 4.36. The molecule has 0 aromatic heterocycles. The number of hydrogen-bond acceptors (Lipinski definition) is 4. The fourth-order valence-electron chi connectivity index (χ4n) is 2.90. The second-order valence-corrected chi connectivity index (χ2v) is 7.93. The number of sulfonamides is 1. The lowest BCUT2D eigenvalue weighted by Crippen LogP contribution is -2.40. The molecule has 2 N–H and O–H groups in total. The maximum Gasteiger partial charge on any atom is 0.243 e. The Balaban J connectivity index is 0.00000312. The summed E-state index contributed by atoms with van der Waals surface area (Å²) in [4.78, 5) is 12.4. The van der Waals surface area contributed by atoms with Gasteiger partial charge >= 0.3 is 0 Å². The van der Waals surface area contributed by atoms with Gasteiger partial charge in [0.05, 0.1) is 10.8 Å². The van der Waals surface area contributed by atoms with Crippen molar-refractivity contribution in [3.8, 4) is 0 Å². The fraction of sp³-hybridized carbons (Fsp3) is 0.588. The zero-order valence-corrected chi connectivity index (χ0v) is 16.5. The van der Waals surface area contributed by atoms with Gasteiger partial charge in [0.15, 0.2) is 0 Å². The second kappa shape index (κ2) is 10.1. The van der Waals surface area contributed by atoms with E-state index in [4.69, 9.17) is 0 Å². The maximum atomic E-state index is 12.4. The van der Waals surface area contributed by atoms with Gasteiger partial charge in [0.25, 0.3) is 0 Å². The zero-order valence-electron chi connectivity index (χ0n) is 14.8. The van der Waals surface area contributed by atoms with Gasteiger partial charge in [-0.25, -0.2) is 8.42 Å². The zero-order chi connectivity index (χ0) is 17.6. The molecule has 1 aliphatic rings. The standard InChI is InChI=1S/C17H27N3O3S.ClH/c1-3-20(4-2)24(22,23)16-9-7-14(8-10-16)12-19-17(21)15-6-5-11-18-13-15;/h7-10,15,18H,3-6,11-13H2,1-2H3,(H,19,21);1H. The van der Waals surface area contributed by atoms with Crippen LogP contribution >= 0.6 is 12.4 Å². The monoisotopic (exact) mass is 389 g/mol. The van der Waals surface area contributed by atoms with Gasteiger partial charge in [-0.3, -0.25) is 4.79 Å². The third-order valence-corrected chi connectivity index (χ3v) is 6.47. The van der Waals surface area contributed by atoms with Crippen molar-refractivity contribution < 1.29 is 13.2 Å². The number of hydrogen-bond donors (Lipinski definition) is 2. The van der Waals surface area contributed by atoms with Crippen LogP contribution in [0.1, 0.15) is 32.3 Å². The molecule has 1 fully saturated rings. The molecule has 1 heterocycles. The molecule has 1 aromatic carbocycles. The van der Waals surface area contributed by atoms with Crippen molar-refractivity contribution in [2.24, 2.45) is 5.92 Å². The predicted octanol–water partition coefficient (Wildman–Crippen LogP) is 1.75. The van der Waals surface area contributed by atoms with E-state index in [0.717, 1.165) is 31.5 Å². The van der Waals surface area contributed by atoms with Crippen LogP contribution in [0.15, 0.2) is 29.2 Å². The van der Waals surface area contributed by atoms with E-state index >= 15 is 0 Å². The first-order chi connectivity index (χ1) is 11.5. The molecule has 1 unspecified atom stereocenters. The molecular weight excluding hydrogens is 362 g/mol. The van der Waals surface area contributed by atoms with E-state index in [-0.39, 0.29) is 29.1 Å². The molecule has 0 radical (unpaired) electrons. The molecule has 1 aliphatic heterocycles. The molecule has 1 saturated heterocycles. The molecule has 0 bridgehead atoms. The van der Waals surface area contributed by atoms with Crippen molar-refractivity contribution in [1.82, 2.24) is 14.9 Å². The topological polar surface area (TPSA) is 78.5 Å². The summed E-state index contributed by atoms with van der Waals surface area (Å²) in [5.74, 6) is 0.0862. The Labute approximate surface area is 156 Å². The van der Waals surface area contributed by atoms with Gasteiger partial charge in [0, 0.05) is 26.2 Å². The van der Waals surface area contributed by atoms with Crippen molar-refractivity contribution in [3.63, 3.8) is 0 Å². The highest BCUT2D eigenvalue weighted by Gasteiger charge is 2.22. The number of amides is 1. The lowest BCUT2D eigenvalue weighted by Gasteiger charge is -2.22. The molecule has 1 aromatic rings. The van der Waals surface area contributed by atoms with Crippen LogP contribution in [0.4, 0.5) is 0 Å². The van der Waals surface area contributed by atoms with Gasteiger partial charge < -0.3 is 10.6 Å². The van der Waals surface area contributed by atoms with Gasteiger partial charge in [0.2, 0.25) is 15.9 Å². The quantitative estimate of drug-likeness (QED) is 0.744. The van der Waals surface area contributed by atoms with Gasteiger partial charge in [-0.1, -0.05) is 26.0 Å². The van der Waals surface area contributed by atoms with Crippen LogP contribution in [-0.2, 0) is 21.4 Å². The lowest BCUT2D eigenvalue weighted by molar-refractivity contribution is -0.125. The minimum Gasteiger partial charge on any atom is -0.352 e. The number of benzene rings is 1. The van der Waals surface area contributed by atoms with Crippen molar-refractivity contribution >= 4 is 28.3 Å². The highest BCUT2D eigenvalue weighted by atomic mass is 35.5. The van der Waals surface area contributed by atoms with E-state index in [0.29, 0.717) is 19.6 Å². The number of halogens is 1. The van der Waals surface area contributed by atoms with E-state index < -0.39 is 10.0 Å². The molecule has 0 saturated carbocycles. The molecule has 25 heavy (non-hydrogen) atoms. The SMILES string of the molecule is CCN(CC)S(=O)(=O)c1ccc(CNC(=O)C2CCCNC2)cc1.Cl. The maximum absolute atomic E-state index is 12.4. The third-order valence-electron chi connectivity index (χ3n) is 4.40. The van der Waals surface area contributed by atoms with Crippen LogP contribution in [0, 0.1) is 5.92 Å². The number of rotatable bonds is 7. The molecule has 0 spiro atoms. The van der Waals surface area contributed by atoms with Crippen LogP contribution in [0.3, 0.4) is 0 Å². The first-order valence-corrected chi connectivity index (χ1v) is 10.0. The second-order valence-electron chi connectivity index (χ2n) is 5.99. The van der Waals surface area contributed by atoms with Gasteiger partial charge in [-0.05, 0) is 37.1 Å². The molecule has 1 atom stereocenters. The predicted molar refractivity (Wildman–Crippen MR) is 101 cm³/mol. The van der Waals surface area contributed by atoms with Crippen molar-refractivity contribution in [1.29, 1.82) is 0 Å². The number of nitrogens with one attached hydrogen (secondary N) is 2. The summed E-state index contributed by atoms with van der Waals surface area (Å²) in [5.41, 5.74) is 0.894. The van der Waals surface area contributed by atoms with Crippen LogP contribution in [0.25, 0.3) is 0 Å². The summed E-state index contributed by atoms with van der Waals surface area (Å²) in [7, 11) is -3.43. The average molecular weight is 390 g/mol. The Bertz CT molecular complexity index is 640. The van der Waals surface area contributed by atoms with Gasteiger partial charge in [-0.15, -0.1) is 12.4 Å². The lowest BCUT2D eigenvalue weighted by atomic mass is 9.99. The number of carbonyl (C=O) groups excluding carboxylic acids is 1. The summed E-state index contributed by atoms with van der Waals surface area (Å²) >= 11 is 0. The Morgan fingerprint density at radius 3 is 2.40 bits per heavy atom. The Morgan fingerprint density at radius 1 is 1.24 bits per heavy atom. The normalized spacial score (nSPS) is 17.8. The van der Waals surface area contributed by atoms with Crippen LogP contribution in [-0.4, -0.2) is 44.8 Å². The number of carbonyl (C=O) groups is 1. The molecule has 142 valence electrons. The largest absolute Gasteiger partial charge is 0.352 e. The van der Waals surface area contributed by atoms with Crippen molar-refractivity contribution in [2.45, 2.75) is 38.1 Å². The van der Waals surface area contributed by atoms with Crippen LogP contribution < -0.4 is 10.6 Å². The minimum absolute atomic E-state index is 0. The van der Waals surface area contributed by atoms with E-state index in [9.17, 15) is 13.2 Å². The van der Waals surface area contributed by atoms with Crippen LogP contribution in [0.5, 0.6) is 0 Å². The van der Waals surface area contributed by atoms with E-state index in [1.165, 1.54) is 4.31 Å². The van der Waals surface area contributed by atoms with Crippen molar-refractivity contribution in [3.05, 3.63) is 29.8 Å². The number of nitrogens with zero attached hydrogens (tertiary/aromatic N) is 1. The summed E-state index contributed by atoms with van der Waals surface area (Å²) in [6, 6.07) is 6.74. The minimum atomic E-state index is -3.43. The summed E-state index contributed by atoms with van der Waals surface area (Å²) in [6.07, 6.45) is 1.94. The molecule has 0 aliphatic carbocycles.